The maximum absolute atomic E-state index is 12.2. The minimum absolute atomic E-state index is 0.0211. The van der Waals surface area contributed by atoms with Crippen LogP contribution in [-0.2, 0) is 14.3 Å². The highest BCUT2D eigenvalue weighted by atomic mass is 16.5. The van der Waals surface area contributed by atoms with E-state index in [1.54, 1.807) is 14.2 Å². The van der Waals surface area contributed by atoms with Crippen molar-refractivity contribution in [2.75, 3.05) is 40.4 Å². The molecule has 0 radical (unpaired) electrons. The zero-order chi connectivity index (χ0) is 13.7. The van der Waals surface area contributed by atoms with E-state index in [0.29, 0.717) is 25.4 Å². The van der Waals surface area contributed by atoms with Crippen LogP contribution in [0.2, 0.25) is 0 Å². The third-order valence-electron chi connectivity index (χ3n) is 4.40. The summed E-state index contributed by atoms with van der Waals surface area (Å²) < 4.78 is 10.7. The van der Waals surface area contributed by atoms with E-state index in [4.69, 9.17) is 9.47 Å². The maximum atomic E-state index is 12.2. The fraction of sp³-hybridized carbons (Fsp3) is 0.929. The molecule has 2 saturated heterocycles. The van der Waals surface area contributed by atoms with Crippen molar-refractivity contribution in [3.05, 3.63) is 0 Å². The summed E-state index contributed by atoms with van der Waals surface area (Å²) in [5.41, 5.74) is 0. The lowest BCUT2D eigenvalue weighted by molar-refractivity contribution is -0.131. The lowest BCUT2D eigenvalue weighted by atomic mass is 9.93. The van der Waals surface area contributed by atoms with Gasteiger partial charge in [0.25, 0.3) is 0 Å². The van der Waals surface area contributed by atoms with Crippen LogP contribution >= 0.6 is 0 Å². The quantitative estimate of drug-likeness (QED) is 0.796. The van der Waals surface area contributed by atoms with E-state index in [-0.39, 0.29) is 18.1 Å². The van der Waals surface area contributed by atoms with Gasteiger partial charge in [0.15, 0.2) is 0 Å². The van der Waals surface area contributed by atoms with E-state index in [0.717, 1.165) is 19.5 Å². The van der Waals surface area contributed by atoms with Gasteiger partial charge < -0.3 is 19.7 Å². The molecule has 1 amide bonds. The Labute approximate surface area is 115 Å². The molecule has 0 aromatic carbocycles. The van der Waals surface area contributed by atoms with E-state index in [9.17, 15) is 4.79 Å². The Morgan fingerprint density at radius 1 is 1.16 bits per heavy atom. The summed E-state index contributed by atoms with van der Waals surface area (Å²) in [6, 6.07) is 0. The van der Waals surface area contributed by atoms with Gasteiger partial charge in [-0.05, 0) is 38.3 Å². The van der Waals surface area contributed by atoms with Crippen LogP contribution in [0.4, 0.5) is 0 Å². The maximum Gasteiger partial charge on any atom is 0.222 e. The van der Waals surface area contributed by atoms with Gasteiger partial charge in [-0.15, -0.1) is 0 Å². The Kier molecular flexibility index (Phi) is 5.60. The summed E-state index contributed by atoms with van der Waals surface area (Å²) in [7, 11) is 3.36. The first kappa shape index (κ1) is 14.8. The van der Waals surface area contributed by atoms with E-state index >= 15 is 0 Å². The van der Waals surface area contributed by atoms with Crippen LogP contribution in [-0.4, -0.2) is 63.4 Å². The molecule has 0 aliphatic carbocycles. The molecule has 0 bridgehead atoms. The summed E-state index contributed by atoms with van der Waals surface area (Å²) in [4.78, 5) is 14.1. The van der Waals surface area contributed by atoms with Crippen molar-refractivity contribution in [1.82, 2.24) is 10.2 Å². The molecule has 5 heteroatoms. The highest BCUT2D eigenvalue weighted by Gasteiger charge is 2.35. The number of carbonyl (C=O) groups excluding carboxylic acids is 1. The van der Waals surface area contributed by atoms with Crippen molar-refractivity contribution in [2.45, 2.75) is 37.9 Å². The highest BCUT2D eigenvalue weighted by Crippen LogP contribution is 2.21. The molecule has 2 fully saturated rings. The third-order valence-corrected chi connectivity index (χ3v) is 4.40. The van der Waals surface area contributed by atoms with Crippen LogP contribution < -0.4 is 5.32 Å². The standard InChI is InChI=1S/C14H26N2O3/c1-18-12-9-16(10-13(12)19-2)14(17)4-3-11-5-7-15-8-6-11/h11-13,15H,3-10H2,1-2H3. The van der Waals surface area contributed by atoms with Gasteiger partial charge in [0, 0.05) is 33.7 Å². The Hall–Kier alpha value is -0.650. The molecule has 0 spiro atoms. The molecule has 0 aromatic heterocycles. The Morgan fingerprint density at radius 2 is 1.74 bits per heavy atom. The molecule has 2 heterocycles. The predicted octanol–water partition coefficient (Wildman–Crippen LogP) is 0.638. The summed E-state index contributed by atoms with van der Waals surface area (Å²) in [6.07, 6.45) is 4.13. The molecule has 5 nitrogen and oxygen atoms in total. The van der Waals surface area contributed by atoms with Crippen molar-refractivity contribution >= 4 is 5.91 Å². The van der Waals surface area contributed by atoms with Gasteiger partial charge in [-0.3, -0.25) is 4.79 Å². The number of hydrogen-bond donors (Lipinski definition) is 1. The number of hydrogen-bond acceptors (Lipinski definition) is 4. The first-order valence-corrected chi connectivity index (χ1v) is 7.28. The minimum atomic E-state index is 0.0211. The highest BCUT2D eigenvalue weighted by molar-refractivity contribution is 5.76. The Balaban J connectivity index is 1.74. The lowest BCUT2D eigenvalue weighted by Crippen LogP contribution is -2.32. The number of nitrogens with zero attached hydrogens (tertiary/aromatic N) is 1. The second kappa shape index (κ2) is 7.22. The number of carbonyl (C=O) groups is 1. The second-order valence-electron chi connectivity index (χ2n) is 5.58. The van der Waals surface area contributed by atoms with Crippen molar-refractivity contribution < 1.29 is 14.3 Å². The second-order valence-corrected chi connectivity index (χ2v) is 5.58. The largest absolute Gasteiger partial charge is 0.377 e. The Morgan fingerprint density at radius 3 is 2.26 bits per heavy atom. The van der Waals surface area contributed by atoms with E-state index in [1.807, 2.05) is 4.90 Å². The normalized spacial score (nSPS) is 28.8. The average molecular weight is 270 g/mol. The van der Waals surface area contributed by atoms with Crippen LogP contribution in [0.25, 0.3) is 0 Å². The molecule has 1 N–H and O–H groups in total. The molecule has 2 aliphatic heterocycles. The number of rotatable bonds is 5. The average Bonchev–Trinajstić information content (AvgIpc) is 2.89. The zero-order valence-electron chi connectivity index (χ0n) is 12.1. The molecule has 2 aliphatic rings. The first-order valence-electron chi connectivity index (χ1n) is 7.28. The summed E-state index contributed by atoms with van der Waals surface area (Å²) in [5, 5.41) is 3.36. The number of ether oxygens (including phenoxy) is 2. The number of methoxy groups -OCH3 is 2. The fourth-order valence-corrected chi connectivity index (χ4v) is 3.06. The molecule has 110 valence electrons. The van der Waals surface area contributed by atoms with Crippen LogP contribution in [0.3, 0.4) is 0 Å². The molecule has 0 aromatic rings. The van der Waals surface area contributed by atoms with Crippen molar-refractivity contribution in [3.8, 4) is 0 Å². The van der Waals surface area contributed by atoms with Crippen molar-refractivity contribution in [1.29, 1.82) is 0 Å². The topological polar surface area (TPSA) is 50.8 Å². The SMILES string of the molecule is COC1CN(C(=O)CCC2CCNCC2)CC1OC. The van der Waals surface area contributed by atoms with Gasteiger partial charge in [0.1, 0.15) is 12.2 Å². The number of likely N-dealkylation sites (tertiary alicyclic amines) is 1. The van der Waals surface area contributed by atoms with Gasteiger partial charge in [-0.1, -0.05) is 0 Å². The van der Waals surface area contributed by atoms with Crippen molar-refractivity contribution in [2.24, 2.45) is 5.92 Å². The van der Waals surface area contributed by atoms with E-state index < -0.39 is 0 Å². The van der Waals surface area contributed by atoms with Crippen LogP contribution in [0.1, 0.15) is 25.7 Å². The molecular formula is C14H26N2O3. The summed E-state index contributed by atoms with van der Waals surface area (Å²) >= 11 is 0. The van der Waals surface area contributed by atoms with Crippen LogP contribution in [0.5, 0.6) is 0 Å². The van der Waals surface area contributed by atoms with Crippen LogP contribution in [0.15, 0.2) is 0 Å². The summed E-state index contributed by atoms with van der Waals surface area (Å²) in [5.74, 6) is 0.962. The van der Waals surface area contributed by atoms with E-state index in [1.165, 1.54) is 12.8 Å². The van der Waals surface area contributed by atoms with Gasteiger partial charge >= 0.3 is 0 Å². The monoisotopic (exact) mass is 270 g/mol. The number of piperidine rings is 1. The van der Waals surface area contributed by atoms with Gasteiger partial charge in [0.05, 0.1) is 0 Å². The molecule has 0 saturated carbocycles. The van der Waals surface area contributed by atoms with Gasteiger partial charge in [-0.25, -0.2) is 0 Å². The summed E-state index contributed by atoms with van der Waals surface area (Å²) in [6.45, 7) is 3.53. The molecule has 2 rings (SSSR count). The zero-order valence-corrected chi connectivity index (χ0v) is 12.1. The Bertz CT molecular complexity index is 280. The third kappa shape index (κ3) is 3.91. The minimum Gasteiger partial charge on any atom is -0.377 e. The predicted molar refractivity (Wildman–Crippen MR) is 73.0 cm³/mol. The number of nitrogens with one attached hydrogen (secondary N) is 1. The van der Waals surface area contributed by atoms with E-state index in [2.05, 4.69) is 5.32 Å². The smallest absolute Gasteiger partial charge is 0.222 e. The molecule has 2 unspecified atom stereocenters. The van der Waals surface area contributed by atoms with Gasteiger partial charge in [0.2, 0.25) is 5.91 Å². The molecule has 19 heavy (non-hydrogen) atoms. The molecule has 2 atom stereocenters. The van der Waals surface area contributed by atoms with Crippen LogP contribution in [0, 0.1) is 5.92 Å². The fourth-order valence-electron chi connectivity index (χ4n) is 3.06. The van der Waals surface area contributed by atoms with Gasteiger partial charge in [-0.2, -0.15) is 0 Å². The first-order chi connectivity index (χ1) is 9.24. The lowest BCUT2D eigenvalue weighted by Gasteiger charge is -2.23. The molecular weight excluding hydrogens is 244 g/mol. The number of amides is 1. The van der Waals surface area contributed by atoms with Crippen molar-refractivity contribution in [3.63, 3.8) is 0 Å².